The van der Waals surface area contributed by atoms with Gasteiger partial charge in [0.15, 0.2) is 0 Å². The fraction of sp³-hybridized carbons (Fsp3) is 0.167. The molecule has 0 spiro atoms. The Labute approximate surface area is 149 Å². The van der Waals surface area contributed by atoms with Crippen molar-refractivity contribution in [1.29, 1.82) is 0 Å². The van der Waals surface area contributed by atoms with Crippen molar-refractivity contribution in [3.05, 3.63) is 69.9 Å². The molecule has 0 aliphatic carbocycles. The van der Waals surface area contributed by atoms with E-state index in [1.807, 2.05) is 44.2 Å². The maximum atomic E-state index is 12.4. The molecule has 0 aliphatic rings. The SMILES string of the molecule is Cc1nc(-c2ccccc2)sc1C(C)NC(=O)c1ccnc(Cl)c1. The number of carbonyl (C=O) groups excluding carboxylic acids is 1. The van der Waals surface area contributed by atoms with Crippen LogP contribution in [0, 0.1) is 6.92 Å². The Bertz CT molecular complexity index is 864. The highest BCUT2D eigenvalue weighted by Gasteiger charge is 2.18. The quantitative estimate of drug-likeness (QED) is 0.691. The number of nitrogens with one attached hydrogen (secondary N) is 1. The molecule has 0 radical (unpaired) electrons. The average molecular weight is 358 g/mol. The second-order valence-electron chi connectivity index (χ2n) is 5.40. The van der Waals surface area contributed by atoms with E-state index in [2.05, 4.69) is 15.3 Å². The fourth-order valence-electron chi connectivity index (χ4n) is 2.40. The molecular weight excluding hydrogens is 342 g/mol. The summed E-state index contributed by atoms with van der Waals surface area (Å²) in [5, 5.41) is 4.25. The third kappa shape index (κ3) is 3.63. The van der Waals surface area contributed by atoms with Crippen LogP contribution in [-0.2, 0) is 0 Å². The van der Waals surface area contributed by atoms with Crippen molar-refractivity contribution in [1.82, 2.24) is 15.3 Å². The third-order valence-corrected chi connectivity index (χ3v) is 5.18. The maximum Gasteiger partial charge on any atom is 0.251 e. The highest BCUT2D eigenvalue weighted by molar-refractivity contribution is 7.15. The first-order valence-electron chi connectivity index (χ1n) is 7.50. The number of thiazole rings is 1. The van der Waals surface area contributed by atoms with Gasteiger partial charge in [0.2, 0.25) is 0 Å². The number of carbonyl (C=O) groups is 1. The van der Waals surface area contributed by atoms with Gasteiger partial charge in [-0.25, -0.2) is 9.97 Å². The molecule has 2 heterocycles. The van der Waals surface area contributed by atoms with Gasteiger partial charge in [-0.2, -0.15) is 0 Å². The molecule has 0 saturated carbocycles. The lowest BCUT2D eigenvalue weighted by Crippen LogP contribution is -2.26. The van der Waals surface area contributed by atoms with Crippen molar-refractivity contribution >= 4 is 28.8 Å². The highest BCUT2D eigenvalue weighted by atomic mass is 35.5. The minimum Gasteiger partial charge on any atom is -0.345 e. The first-order chi connectivity index (χ1) is 11.5. The predicted molar refractivity (Wildman–Crippen MR) is 97.4 cm³/mol. The number of halogens is 1. The molecule has 2 aromatic heterocycles. The normalized spacial score (nSPS) is 12.0. The number of hydrogen-bond donors (Lipinski definition) is 1. The van der Waals surface area contributed by atoms with Crippen LogP contribution in [0.3, 0.4) is 0 Å². The number of nitrogens with zero attached hydrogens (tertiary/aromatic N) is 2. The van der Waals surface area contributed by atoms with E-state index < -0.39 is 0 Å². The summed E-state index contributed by atoms with van der Waals surface area (Å²) in [6.45, 7) is 3.92. The Kier molecular flexibility index (Phi) is 4.92. The molecule has 1 amide bonds. The van der Waals surface area contributed by atoms with Gasteiger partial charge in [-0.05, 0) is 26.0 Å². The Morgan fingerprint density at radius 1 is 1.25 bits per heavy atom. The molecule has 6 heteroatoms. The average Bonchev–Trinajstić information content (AvgIpc) is 2.97. The molecule has 3 aromatic rings. The molecule has 122 valence electrons. The van der Waals surface area contributed by atoms with Crippen LogP contribution in [0.1, 0.15) is 33.9 Å². The van der Waals surface area contributed by atoms with Gasteiger partial charge in [0.1, 0.15) is 10.2 Å². The monoisotopic (exact) mass is 357 g/mol. The predicted octanol–water partition coefficient (Wildman–Crippen LogP) is 4.66. The zero-order valence-corrected chi connectivity index (χ0v) is 14.9. The van der Waals surface area contributed by atoms with Gasteiger partial charge < -0.3 is 5.32 Å². The Hall–Kier alpha value is -2.24. The van der Waals surface area contributed by atoms with Crippen molar-refractivity contribution in [3.63, 3.8) is 0 Å². The van der Waals surface area contributed by atoms with Gasteiger partial charge >= 0.3 is 0 Å². The van der Waals surface area contributed by atoms with Crippen LogP contribution in [0.2, 0.25) is 5.15 Å². The van der Waals surface area contributed by atoms with Gasteiger partial charge in [-0.15, -0.1) is 11.3 Å². The van der Waals surface area contributed by atoms with Crippen LogP contribution in [0.15, 0.2) is 48.7 Å². The summed E-state index contributed by atoms with van der Waals surface area (Å²) in [7, 11) is 0. The minimum absolute atomic E-state index is 0.139. The maximum absolute atomic E-state index is 12.4. The van der Waals surface area contributed by atoms with E-state index in [0.717, 1.165) is 21.1 Å². The minimum atomic E-state index is -0.180. The van der Waals surface area contributed by atoms with E-state index in [1.165, 1.54) is 6.20 Å². The highest BCUT2D eigenvalue weighted by Crippen LogP contribution is 2.31. The molecule has 4 nitrogen and oxygen atoms in total. The smallest absolute Gasteiger partial charge is 0.251 e. The molecule has 0 fully saturated rings. The number of rotatable bonds is 4. The van der Waals surface area contributed by atoms with Crippen LogP contribution in [-0.4, -0.2) is 15.9 Å². The molecule has 24 heavy (non-hydrogen) atoms. The second-order valence-corrected chi connectivity index (χ2v) is 6.81. The summed E-state index contributed by atoms with van der Waals surface area (Å²) in [5.74, 6) is -0.180. The molecule has 1 aromatic carbocycles. The van der Waals surface area contributed by atoms with Crippen LogP contribution in [0.5, 0.6) is 0 Å². The zero-order valence-electron chi connectivity index (χ0n) is 13.3. The summed E-state index contributed by atoms with van der Waals surface area (Å²) < 4.78 is 0. The van der Waals surface area contributed by atoms with E-state index >= 15 is 0 Å². The topological polar surface area (TPSA) is 54.9 Å². The van der Waals surface area contributed by atoms with E-state index in [1.54, 1.807) is 23.5 Å². The van der Waals surface area contributed by atoms with E-state index in [0.29, 0.717) is 10.7 Å². The van der Waals surface area contributed by atoms with Crippen LogP contribution in [0.4, 0.5) is 0 Å². The molecular formula is C18H16ClN3OS. The van der Waals surface area contributed by atoms with E-state index in [9.17, 15) is 4.79 Å². The largest absolute Gasteiger partial charge is 0.345 e. The van der Waals surface area contributed by atoms with Crippen molar-refractivity contribution in [2.45, 2.75) is 19.9 Å². The van der Waals surface area contributed by atoms with E-state index in [4.69, 9.17) is 11.6 Å². The first kappa shape index (κ1) is 16.6. The Balaban J connectivity index is 1.79. The van der Waals surface area contributed by atoms with Gasteiger partial charge in [0.25, 0.3) is 5.91 Å². The van der Waals surface area contributed by atoms with Crippen LogP contribution in [0.25, 0.3) is 10.6 Å². The second kappa shape index (κ2) is 7.11. The summed E-state index contributed by atoms with van der Waals surface area (Å²) >= 11 is 7.44. The number of aryl methyl sites for hydroxylation is 1. The Morgan fingerprint density at radius 3 is 2.71 bits per heavy atom. The fourth-order valence-corrected chi connectivity index (χ4v) is 3.65. The molecule has 3 rings (SSSR count). The first-order valence-corrected chi connectivity index (χ1v) is 8.69. The van der Waals surface area contributed by atoms with Crippen molar-refractivity contribution in [2.75, 3.05) is 0 Å². The van der Waals surface area contributed by atoms with Crippen LogP contribution >= 0.6 is 22.9 Å². The number of amides is 1. The van der Waals surface area contributed by atoms with Gasteiger partial charge in [0.05, 0.1) is 16.6 Å². The van der Waals surface area contributed by atoms with Gasteiger partial charge in [-0.1, -0.05) is 41.9 Å². The Morgan fingerprint density at radius 2 is 2.00 bits per heavy atom. The summed E-state index contributed by atoms with van der Waals surface area (Å²) in [6.07, 6.45) is 1.52. The molecule has 0 bridgehead atoms. The number of benzene rings is 1. The number of pyridine rings is 1. The summed E-state index contributed by atoms with van der Waals surface area (Å²) in [4.78, 5) is 21.9. The lowest BCUT2D eigenvalue weighted by Gasteiger charge is -2.13. The number of aromatic nitrogens is 2. The molecule has 1 unspecified atom stereocenters. The molecule has 1 N–H and O–H groups in total. The van der Waals surface area contributed by atoms with Gasteiger partial charge in [0, 0.05) is 17.3 Å². The van der Waals surface area contributed by atoms with Crippen LogP contribution < -0.4 is 5.32 Å². The molecule has 0 saturated heterocycles. The third-order valence-electron chi connectivity index (χ3n) is 3.58. The molecule has 0 aliphatic heterocycles. The van der Waals surface area contributed by atoms with Crippen molar-refractivity contribution in [2.24, 2.45) is 0 Å². The van der Waals surface area contributed by atoms with E-state index in [-0.39, 0.29) is 11.9 Å². The summed E-state index contributed by atoms with van der Waals surface area (Å²) in [5.41, 5.74) is 2.50. The standard InChI is InChI=1S/C18H16ClN3OS/c1-11(21-17(23)14-8-9-20-15(19)10-14)16-12(2)22-18(24-16)13-6-4-3-5-7-13/h3-11H,1-2H3,(H,21,23). The van der Waals surface area contributed by atoms with Crippen molar-refractivity contribution in [3.8, 4) is 10.6 Å². The zero-order chi connectivity index (χ0) is 17.1. The van der Waals surface area contributed by atoms with Gasteiger partial charge in [-0.3, -0.25) is 4.79 Å². The molecule has 1 atom stereocenters. The number of hydrogen-bond acceptors (Lipinski definition) is 4. The summed E-state index contributed by atoms with van der Waals surface area (Å²) in [6, 6.07) is 13.1. The lowest BCUT2D eigenvalue weighted by atomic mass is 10.2. The van der Waals surface area contributed by atoms with Crippen molar-refractivity contribution < 1.29 is 4.79 Å². The lowest BCUT2D eigenvalue weighted by molar-refractivity contribution is 0.0940.